The molecule has 0 bridgehead atoms. The molecule has 0 heterocycles. The highest BCUT2D eigenvalue weighted by Crippen LogP contribution is 2.33. The number of nitro benzene ring substituents is 2. The van der Waals surface area contributed by atoms with Gasteiger partial charge in [-0.1, -0.05) is 23.7 Å². The van der Waals surface area contributed by atoms with Gasteiger partial charge in [-0.25, -0.2) is 0 Å². The molecular weight excluding hydrogens is 316 g/mol. The average Bonchev–Trinajstić information content (AvgIpc) is 2.46. The fraction of sp³-hybridized carbons (Fsp3) is 0.0769. The molecule has 2 aromatic carbocycles. The average molecular weight is 325 g/mol. The van der Waals surface area contributed by atoms with Crippen LogP contribution in [-0.2, 0) is 5.75 Å². The molecule has 2 rings (SSSR count). The first-order chi connectivity index (χ1) is 9.99. The standard InChI is InChI=1S/C13H9ClN2O4S/c14-11-6-5-10(15(17)18)7-9(11)8-21-13-4-2-1-3-12(13)16(19)20/h1-7H,8H2. The number of halogens is 1. The third kappa shape index (κ3) is 3.71. The summed E-state index contributed by atoms with van der Waals surface area (Å²) >= 11 is 7.21. The molecule has 0 amide bonds. The van der Waals surface area contributed by atoms with Crippen LogP contribution in [0.5, 0.6) is 0 Å². The molecule has 108 valence electrons. The van der Waals surface area contributed by atoms with E-state index in [4.69, 9.17) is 11.6 Å². The molecule has 0 saturated carbocycles. The van der Waals surface area contributed by atoms with Crippen molar-refractivity contribution in [3.8, 4) is 0 Å². The Hall–Kier alpha value is -2.12. The number of hydrogen-bond donors (Lipinski definition) is 0. The van der Waals surface area contributed by atoms with Gasteiger partial charge in [0.05, 0.1) is 14.7 Å². The molecule has 0 saturated heterocycles. The van der Waals surface area contributed by atoms with E-state index in [0.29, 0.717) is 21.2 Å². The maximum absolute atomic E-state index is 10.9. The number of nitrogens with zero attached hydrogens (tertiary/aromatic N) is 2. The molecule has 0 aromatic heterocycles. The van der Waals surface area contributed by atoms with Gasteiger partial charge >= 0.3 is 0 Å². The van der Waals surface area contributed by atoms with E-state index in [-0.39, 0.29) is 11.4 Å². The molecule has 0 fully saturated rings. The topological polar surface area (TPSA) is 86.3 Å². The van der Waals surface area contributed by atoms with E-state index in [2.05, 4.69) is 0 Å². The Kier molecular flexibility index (Phi) is 4.77. The van der Waals surface area contributed by atoms with Gasteiger partial charge in [0.25, 0.3) is 11.4 Å². The number of rotatable bonds is 5. The van der Waals surface area contributed by atoms with Gasteiger partial charge in [0.2, 0.25) is 0 Å². The number of para-hydroxylation sites is 1. The number of hydrogen-bond acceptors (Lipinski definition) is 5. The highest BCUT2D eigenvalue weighted by atomic mass is 35.5. The van der Waals surface area contributed by atoms with Crippen molar-refractivity contribution in [2.75, 3.05) is 0 Å². The molecule has 21 heavy (non-hydrogen) atoms. The lowest BCUT2D eigenvalue weighted by Crippen LogP contribution is -1.92. The van der Waals surface area contributed by atoms with Crippen molar-refractivity contribution in [2.24, 2.45) is 0 Å². The quantitative estimate of drug-likeness (QED) is 0.460. The Labute approximate surface area is 129 Å². The molecule has 0 aliphatic carbocycles. The number of nitro groups is 2. The van der Waals surface area contributed by atoms with Crippen LogP contribution in [0.2, 0.25) is 5.02 Å². The van der Waals surface area contributed by atoms with Crippen molar-refractivity contribution >= 4 is 34.7 Å². The summed E-state index contributed by atoms with van der Waals surface area (Å²) in [6.07, 6.45) is 0. The van der Waals surface area contributed by atoms with Crippen LogP contribution in [0.1, 0.15) is 5.56 Å². The minimum atomic E-state index is -0.505. The molecule has 2 aromatic rings. The van der Waals surface area contributed by atoms with Gasteiger partial charge in [0.1, 0.15) is 0 Å². The van der Waals surface area contributed by atoms with Gasteiger partial charge in [-0.15, -0.1) is 11.8 Å². The highest BCUT2D eigenvalue weighted by Gasteiger charge is 2.15. The first kappa shape index (κ1) is 15.3. The molecule has 0 aliphatic rings. The predicted octanol–water partition coefficient (Wildman–Crippen LogP) is 4.45. The second kappa shape index (κ2) is 6.55. The Morgan fingerprint density at radius 1 is 1.05 bits per heavy atom. The van der Waals surface area contributed by atoms with E-state index >= 15 is 0 Å². The summed E-state index contributed by atoms with van der Waals surface area (Å²) in [6, 6.07) is 10.5. The van der Waals surface area contributed by atoms with Crippen LogP contribution in [-0.4, -0.2) is 9.85 Å². The molecule has 0 N–H and O–H groups in total. The zero-order valence-corrected chi connectivity index (χ0v) is 12.1. The van der Waals surface area contributed by atoms with Crippen LogP contribution >= 0.6 is 23.4 Å². The molecule has 0 atom stereocenters. The fourth-order valence-corrected chi connectivity index (χ4v) is 2.95. The third-order valence-electron chi connectivity index (χ3n) is 2.69. The molecule has 0 unspecified atom stereocenters. The maximum atomic E-state index is 10.9. The predicted molar refractivity (Wildman–Crippen MR) is 80.8 cm³/mol. The van der Waals surface area contributed by atoms with Crippen LogP contribution in [0.15, 0.2) is 47.4 Å². The first-order valence-corrected chi connectivity index (χ1v) is 7.14. The normalized spacial score (nSPS) is 10.3. The monoisotopic (exact) mass is 324 g/mol. The lowest BCUT2D eigenvalue weighted by atomic mass is 10.2. The lowest BCUT2D eigenvalue weighted by Gasteiger charge is -2.05. The van der Waals surface area contributed by atoms with E-state index in [9.17, 15) is 20.2 Å². The minimum absolute atomic E-state index is 0.00375. The SMILES string of the molecule is O=[N+]([O-])c1ccc(Cl)c(CSc2ccccc2[N+](=O)[O-])c1. The lowest BCUT2D eigenvalue weighted by molar-refractivity contribution is -0.387. The fourth-order valence-electron chi connectivity index (χ4n) is 1.67. The number of thioether (sulfide) groups is 1. The van der Waals surface area contributed by atoms with Gasteiger partial charge in [0, 0.05) is 29.0 Å². The Balaban J connectivity index is 2.22. The molecule has 6 nitrogen and oxygen atoms in total. The molecular formula is C13H9ClN2O4S. The zero-order chi connectivity index (χ0) is 15.4. The van der Waals surface area contributed by atoms with Crippen LogP contribution in [0.4, 0.5) is 11.4 Å². The van der Waals surface area contributed by atoms with Crippen molar-refractivity contribution < 1.29 is 9.85 Å². The maximum Gasteiger partial charge on any atom is 0.282 e. The highest BCUT2D eigenvalue weighted by molar-refractivity contribution is 7.98. The van der Waals surface area contributed by atoms with E-state index in [1.807, 2.05) is 0 Å². The minimum Gasteiger partial charge on any atom is -0.258 e. The summed E-state index contributed by atoms with van der Waals surface area (Å²) in [5.74, 6) is 0.311. The second-order valence-electron chi connectivity index (χ2n) is 4.05. The van der Waals surface area contributed by atoms with Crippen LogP contribution < -0.4 is 0 Å². The van der Waals surface area contributed by atoms with Crippen molar-refractivity contribution in [1.29, 1.82) is 0 Å². The summed E-state index contributed by atoms with van der Waals surface area (Å²) < 4.78 is 0. The van der Waals surface area contributed by atoms with Crippen LogP contribution in [0.25, 0.3) is 0 Å². The Morgan fingerprint density at radius 3 is 2.43 bits per heavy atom. The Morgan fingerprint density at radius 2 is 1.76 bits per heavy atom. The molecule has 0 spiro atoms. The summed E-state index contributed by atoms with van der Waals surface area (Å²) in [5.41, 5.74) is 0.510. The molecule has 0 aliphatic heterocycles. The van der Waals surface area contributed by atoms with Gasteiger partial charge < -0.3 is 0 Å². The van der Waals surface area contributed by atoms with E-state index < -0.39 is 9.85 Å². The Bertz CT molecular complexity index is 708. The molecule has 8 heteroatoms. The van der Waals surface area contributed by atoms with E-state index in [0.717, 1.165) is 0 Å². The second-order valence-corrected chi connectivity index (χ2v) is 5.47. The van der Waals surface area contributed by atoms with Gasteiger partial charge in [0.15, 0.2) is 0 Å². The largest absolute Gasteiger partial charge is 0.282 e. The van der Waals surface area contributed by atoms with Gasteiger partial charge in [-0.05, 0) is 17.7 Å². The van der Waals surface area contributed by atoms with Gasteiger partial charge in [-0.3, -0.25) is 20.2 Å². The number of benzene rings is 2. The molecule has 0 radical (unpaired) electrons. The third-order valence-corrected chi connectivity index (χ3v) is 4.17. The van der Waals surface area contributed by atoms with E-state index in [1.165, 1.54) is 36.0 Å². The summed E-state index contributed by atoms with van der Waals surface area (Å²) in [7, 11) is 0. The number of non-ortho nitro benzene ring substituents is 1. The van der Waals surface area contributed by atoms with Crippen LogP contribution in [0, 0.1) is 20.2 Å². The summed E-state index contributed by atoms with van der Waals surface area (Å²) in [4.78, 5) is 21.2. The van der Waals surface area contributed by atoms with Crippen LogP contribution in [0.3, 0.4) is 0 Å². The zero-order valence-electron chi connectivity index (χ0n) is 10.6. The smallest absolute Gasteiger partial charge is 0.258 e. The van der Waals surface area contributed by atoms with E-state index in [1.54, 1.807) is 18.2 Å². The van der Waals surface area contributed by atoms with Crippen molar-refractivity contribution in [3.05, 3.63) is 73.3 Å². The van der Waals surface area contributed by atoms with Gasteiger partial charge in [-0.2, -0.15) is 0 Å². The van der Waals surface area contributed by atoms with Crippen molar-refractivity contribution in [3.63, 3.8) is 0 Å². The van der Waals surface area contributed by atoms with Crippen molar-refractivity contribution in [2.45, 2.75) is 10.6 Å². The first-order valence-electron chi connectivity index (χ1n) is 5.78. The summed E-state index contributed by atoms with van der Waals surface area (Å²) in [5, 5.41) is 22.1. The van der Waals surface area contributed by atoms with Crippen molar-refractivity contribution in [1.82, 2.24) is 0 Å². The summed E-state index contributed by atoms with van der Waals surface area (Å²) in [6.45, 7) is 0.